The predicted octanol–water partition coefficient (Wildman–Crippen LogP) is 3.08. The number of benzene rings is 1. The summed E-state index contributed by atoms with van der Waals surface area (Å²) in [5.74, 6) is 0.805. The Morgan fingerprint density at radius 1 is 1.11 bits per heavy atom. The molecule has 0 saturated heterocycles. The summed E-state index contributed by atoms with van der Waals surface area (Å²) in [6.07, 6.45) is 2.33. The molecule has 0 bridgehead atoms. The highest BCUT2D eigenvalue weighted by molar-refractivity contribution is 6.03. The number of pyridine rings is 2. The van der Waals surface area contributed by atoms with E-state index >= 15 is 0 Å². The van der Waals surface area contributed by atoms with E-state index < -0.39 is 0 Å². The number of fused-ring (bicyclic) bond motifs is 1. The number of aldehydes is 1. The zero-order chi connectivity index (χ0) is 19.1. The summed E-state index contributed by atoms with van der Waals surface area (Å²) in [5, 5.41) is 9.88. The molecular formula is C20H17N5O2. The van der Waals surface area contributed by atoms with E-state index in [1.165, 1.54) is 0 Å². The number of phenols is 1. The zero-order valence-electron chi connectivity index (χ0n) is 14.5. The first-order valence-electron chi connectivity index (χ1n) is 8.27. The third kappa shape index (κ3) is 2.65. The van der Waals surface area contributed by atoms with E-state index in [1.807, 2.05) is 25.1 Å². The number of nitrogens with zero attached hydrogens (tertiary/aromatic N) is 3. The molecule has 4 rings (SSSR count). The lowest BCUT2D eigenvalue weighted by atomic mass is 10.1. The van der Waals surface area contributed by atoms with E-state index in [1.54, 1.807) is 35.0 Å². The van der Waals surface area contributed by atoms with Crippen LogP contribution in [-0.2, 0) is 0 Å². The Bertz CT molecular complexity index is 1180. The number of anilines is 2. The lowest BCUT2D eigenvalue weighted by Crippen LogP contribution is -2.03. The van der Waals surface area contributed by atoms with Crippen LogP contribution in [0.5, 0.6) is 5.75 Å². The third-order valence-electron chi connectivity index (χ3n) is 4.52. The zero-order valence-corrected chi connectivity index (χ0v) is 14.5. The van der Waals surface area contributed by atoms with Gasteiger partial charge in [-0.2, -0.15) is 0 Å². The quantitative estimate of drug-likeness (QED) is 0.484. The molecule has 0 fully saturated rings. The van der Waals surface area contributed by atoms with E-state index in [0.29, 0.717) is 40.1 Å². The number of aryl methyl sites for hydroxylation is 1. The van der Waals surface area contributed by atoms with Gasteiger partial charge in [-0.15, -0.1) is 0 Å². The number of nitrogens with two attached hydrogens (primary N) is 2. The van der Waals surface area contributed by atoms with Gasteiger partial charge in [-0.05, 0) is 42.8 Å². The second-order valence-corrected chi connectivity index (χ2v) is 6.26. The molecule has 5 N–H and O–H groups in total. The van der Waals surface area contributed by atoms with Crippen LogP contribution in [0.3, 0.4) is 0 Å². The van der Waals surface area contributed by atoms with Crippen molar-refractivity contribution in [1.29, 1.82) is 0 Å². The minimum Gasteiger partial charge on any atom is -0.508 e. The Hall–Kier alpha value is -3.87. The van der Waals surface area contributed by atoms with Gasteiger partial charge in [0, 0.05) is 17.8 Å². The van der Waals surface area contributed by atoms with Gasteiger partial charge in [-0.25, -0.2) is 9.97 Å². The smallest absolute Gasteiger partial charge is 0.155 e. The highest BCUT2D eigenvalue weighted by atomic mass is 16.3. The van der Waals surface area contributed by atoms with E-state index in [0.717, 1.165) is 11.1 Å². The molecule has 3 heterocycles. The largest absolute Gasteiger partial charge is 0.508 e. The lowest BCUT2D eigenvalue weighted by Gasteiger charge is -2.12. The fourth-order valence-electron chi connectivity index (χ4n) is 3.13. The molecule has 7 nitrogen and oxygen atoms in total. The number of aromatic hydroxyl groups is 1. The minimum atomic E-state index is 0.113. The third-order valence-corrected chi connectivity index (χ3v) is 4.52. The molecule has 0 radical (unpaired) electrons. The van der Waals surface area contributed by atoms with E-state index in [9.17, 15) is 9.90 Å². The van der Waals surface area contributed by atoms with Crippen LogP contribution in [0, 0.1) is 6.92 Å². The number of phenolic OH excluding ortho intramolecular Hbond substituents is 1. The van der Waals surface area contributed by atoms with Crippen molar-refractivity contribution in [2.45, 2.75) is 6.92 Å². The molecule has 1 aromatic carbocycles. The predicted molar refractivity (Wildman–Crippen MR) is 105 cm³/mol. The van der Waals surface area contributed by atoms with E-state index in [4.69, 9.17) is 11.5 Å². The maximum absolute atomic E-state index is 11.7. The fraction of sp³-hybridized carbons (Fsp3) is 0.0500. The topological polar surface area (TPSA) is 120 Å². The van der Waals surface area contributed by atoms with Crippen LogP contribution < -0.4 is 11.5 Å². The summed E-state index contributed by atoms with van der Waals surface area (Å²) >= 11 is 0. The normalized spacial score (nSPS) is 11.0. The summed E-state index contributed by atoms with van der Waals surface area (Å²) in [7, 11) is 0. The molecule has 0 unspecified atom stereocenters. The first kappa shape index (κ1) is 16.6. The molecular weight excluding hydrogens is 342 g/mol. The van der Waals surface area contributed by atoms with Crippen molar-refractivity contribution in [1.82, 2.24) is 14.5 Å². The van der Waals surface area contributed by atoms with Crippen molar-refractivity contribution < 1.29 is 9.90 Å². The Morgan fingerprint density at radius 2 is 1.93 bits per heavy atom. The van der Waals surface area contributed by atoms with Gasteiger partial charge in [0.2, 0.25) is 0 Å². The number of hydrogen-bond donors (Lipinski definition) is 3. The number of rotatable bonds is 3. The molecule has 27 heavy (non-hydrogen) atoms. The first-order chi connectivity index (χ1) is 13.0. The Labute approximate surface area is 154 Å². The summed E-state index contributed by atoms with van der Waals surface area (Å²) in [4.78, 5) is 20.4. The number of nitrogen functional groups attached to an aromatic ring is 2. The second kappa shape index (κ2) is 6.14. The molecule has 0 aliphatic carbocycles. The SMILES string of the molecule is Cc1ccc(O)cc1-n1c(N)c(C=O)c2nc(-c3ccc(N)nc3)ccc21. The van der Waals surface area contributed by atoms with Crippen molar-refractivity contribution >= 4 is 29.0 Å². The molecule has 3 aromatic heterocycles. The van der Waals surface area contributed by atoms with Gasteiger partial charge in [0.15, 0.2) is 6.29 Å². The molecule has 0 spiro atoms. The Morgan fingerprint density at radius 3 is 2.63 bits per heavy atom. The van der Waals surface area contributed by atoms with Gasteiger partial charge in [-0.3, -0.25) is 9.36 Å². The number of carbonyl (C=O) groups excluding carboxylic acids is 1. The number of aromatic nitrogens is 3. The van der Waals surface area contributed by atoms with Crippen LogP contribution in [0.15, 0.2) is 48.7 Å². The maximum Gasteiger partial charge on any atom is 0.155 e. The fourth-order valence-corrected chi connectivity index (χ4v) is 3.13. The Kier molecular flexibility index (Phi) is 3.77. The second-order valence-electron chi connectivity index (χ2n) is 6.26. The summed E-state index contributed by atoms with van der Waals surface area (Å²) < 4.78 is 1.73. The lowest BCUT2D eigenvalue weighted by molar-refractivity contribution is 0.112. The molecule has 0 atom stereocenters. The average molecular weight is 359 g/mol. The standard InChI is InChI=1S/C20H17N5O2/c1-11-2-4-13(27)8-17(11)25-16-6-5-15(12-3-7-18(21)23-9-12)24-19(16)14(10-26)20(25)22/h2-10,27H,22H2,1H3,(H2,21,23). The van der Waals surface area contributed by atoms with Crippen LogP contribution in [0.4, 0.5) is 11.6 Å². The van der Waals surface area contributed by atoms with Crippen molar-refractivity contribution in [2.75, 3.05) is 11.5 Å². The van der Waals surface area contributed by atoms with Crippen molar-refractivity contribution in [3.05, 3.63) is 59.8 Å². The Balaban J connectivity index is 1.99. The molecule has 0 aliphatic heterocycles. The molecule has 134 valence electrons. The summed E-state index contributed by atoms with van der Waals surface area (Å²) in [5.41, 5.74) is 16.4. The molecule has 7 heteroatoms. The van der Waals surface area contributed by atoms with Crippen molar-refractivity contribution in [2.24, 2.45) is 0 Å². The molecule has 0 aliphatic rings. The highest BCUT2D eigenvalue weighted by Gasteiger charge is 2.19. The van der Waals surface area contributed by atoms with Crippen molar-refractivity contribution in [3.63, 3.8) is 0 Å². The summed E-state index contributed by atoms with van der Waals surface area (Å²) in [6, 6.07) is 12.2. The van der Waals surface area contributed by atoms with Crippen LogP contribution in [0.25, 0.3) is 28.0 Å². The van der Waals surface area contributed by atoms with Gasteiger partial charge >= 0.3 is 0 Å². The molecule has 0 amide bonds. The maximum atomic E-state index is 11.7. The van der Waals surface area contributed by atoms with Gasteiger partial charge in [-0.1, -0.05) is 6.07 Å². The van der Waals surface area contributed by atoms with E-state index in [-0.39, 0.29) is 11.6 Å². The van der Waals surface area contributed by atoms with Gasteiger partial charge in [0.1, 0.15) is 22.9 Å². The van der Waals surface area contributed by atoms with Crippen molar-refractivity contribution in [3.8, 4) is 22.7 Å². The molecule has 4 aromatic rings. The van der Waals surface area contributed by atoms with Crippen LogP contribution in [0.1, 0.15) is 15.9 Å². The number of carbonyl (C=O) groups is 1. The average Bonchev–Trinajstić information content (AvgIpc) is 2.94. The van der Waals surface area contributed by atoms with Gasteiger partial charge < -0.3 is 16.6 Å². The van der Waals surface area contributed by atoms with Crippen LogP contribution in [-0.4, -0.2) is 25.9 Å². The number of hydrogen-bond acceptors (Lipinski definition) is 6. The van der Waals surface area contributed by atoms with Crippen LogP contribution >= 0.6 is 0 Å². The minimum absolute atomic E-state index is 0.113. The van der Waals surface area contributed by atoms with Gasteiger partial charge in [0.05, 0.1) is 22.5 Å². The van der Waals surface area contributed by atoms with Crippen LogP contribution in [0.2, 0.25) is 0 Å². The monoisotopic (exact) mass is 359 g/mol. The highest BCUT2D eigenvalue weighted by Crippen LogP contribution is 2.33. The molecule has 0 saturated carbocycles. The van der Waals surface area contributed by atoms with Gasteiger partial charge in [0.25, 0.3) is 0 Å². The summed E-state index contributed by atoms with van der Waals surface area (Å²) in [6.45, 7) is 1.91. The first-order valence-corrected chi connectivity index (χ1v) is 8.27. The van der Waals surface area contributed by atoms with E-state index in [2.05, 4.69) is 9.97 Å².